The predicted molar refractivity (Wildman–Crippen MR) is 51.1 cm³/mol. The van der Waals surface area contributed by atoms with Gasteiger partial charge in [-0.3, -0.25) is 10.1 Å². The molecule has 0 saturated carbocycles. The average Bonchev–Trinajstić information content (AvgIpc) is 2.17. The van der Waals surface area contributed by atoms with Crippen molar-refractivity contribution >= 4 is 23.7 Å². The van der Waals surface area contributed by atoms with Gasteiger partial charge in [0.1, 0.15) is 0 Å². The molecule has 13 heavy (non-hydrogen) atoms. The lowest BCUT2D eigenvalue weighted by molar-refractivity contribution is -0.384. The fourth-order valence-corrected chi connectivity index (χ4v) is 1.74. The fraction of sp³-hybridized carbons (Fsp3) is 0. The number of nitrogens with zero attached hydrogens (tertiary/aromatic N) is 1. The van der Waals surface area contributed by atoms with Gasteiger partial charge in [-0.25, -0.2) is 0 Å². The largest absolute Gasteiger partial charge is 0.332 e. The Balaban J connectivity index is 2.48. The van der Waals surface area contributed by atoms with Crippen LogP contribution in [0.15, 0.2) is 29.3 Å². The Kier molecular flexibility index (Phi) is 1.94. The summed E-state index contributed by atoms with van der Waals surface area (Å²) in [5, 5.41) is 10.4. The van der Waals surface area contributed by atoms with E-state index in [1.54, 1.807) is 18.3 Å². The third-order valence-electron chi connectivity index (χ3n) is 1.70. The summed E-state index contributed by atoms with van der Waals surface area (Å²) in [6.45, 7) is 0. The zero-order chi connectivity index (χ0) is 9.26. The van der Waals surface area contributed by atoms with Gasteiger partial charge in [-0.15, -0.1) is 0 Å². The lowest BCUT2D eigenvalue weighted by Gasteiger charge is -2.09. The molecule has 1 aromatic rings. The van der Waals surface area contributed by atoms with E-state index in [2.05, 4.69) is 4.72 Å². The van der Waals surface area contributed by atoms with Gasteiger partial charge < -0.3 is 4.72 Å². The molecule has 0 fully saturated rings. The van der Waals surface area contributed by atoms with Crippen LogP contribution < -0.4 is 4.72 Å². The van der Waals surface area contributed by atoms with E-state index in [1.165, 1.54) is 18.0 Å². The Hall–Kier alpha value is -1.49. The van der Waals surface area contributed by atoms with Gasteiger partial charge in [0.2, 0.25) is 0 Å². The maximum absolute atomic E-state index is 10.4. The van der Waals surface area contributed by atoms with E-state index in [9.17, 15) is 10.1 Å². The number of hydrogen-bond acceptors (Lipinski definition) is 4. The summed E-state index contributed by atoms with van der Waals surface area (Å²) in [4.78, 5) is 11.1. The monoisotopic (exact) mass is 194 g/mol. The molecule has 0 amide bonds. The number of fused-ring (bicyclic) bond motifs is 1. The highest BCUT2D eigenvalue weighted by atomic mass is 32.2. The summed E-state index contributed by atoms with van der Waals surface area (Å²) in [5.74, 6) is 0. The van der Waals surface area contributed by atoms with Crippen LogP contribution in [0.4, 0.5) is 5.69 Å². The number of nitrogens with one attached hydrogen (secondary N) is 1. The Morgan fingerprint density at radius 2 is 2.31 bits per heavy atom. The van der Waals surface area contributed by atoms with Crippen molar-refractivity contribution < 1.29 is 4.92 Å². The van der Waals surface area contributed by atoms with Crippen molar-refractivity contribution in [2.75, 3.05) is 0 Å². The number of nitro benzene ring substituents is 1. The van der Waals surface area contributed by atoms with E-state index in [-0.39, 0.29) is 10.6 Å². The molecule has 66 valence electrons. The second-order valence-electron chi connectivity index (χ2n) is 2.53. The molecule has 0 atom stereocenters. The third-order valence-corrected chi connectivity index (χ3v) is 2.55. The summed E-state index contributed by atoms with van der Waals surface area (Å²) in [5.41, 5.74) is 1.02. The molecule has 4 nitrogen and oxygen atoms in total. The van der Waals surface area contributed by atoms with E-state index in [4.69, 9.17) is 0 Å². The molecule has 1 aliphatic heterocycles. The highest BCUT2D eigenvalue weighted by Crippen LogP contribution is 2.28. The minimum absolute atomic E-state index is 0.130. The second kappa shape index (κ2) is 3.10. The minimum atomic E-state index is -0.388. The van der Waals surface area contributed by atoms with E-state index in [0.717, 1.165) is 10.5 Å². The van der Waals surface area contributed by atoms with Gasteiger partial charge in [-0.2, -0.15) is 0 Å². The Labute approximate surface area is 78.9 Å². The molecule has 1 aromatic carbocycles. The Bertz CT molecular complexity index is 390. The van der Waals surface area contributed by atoms with E-state index in [0.29, 0.717) is 0 Å². The molecule has 1 heterocycles. The molecule has 0 spiro atoms. The van der Waals surface area contributed by atoms with Gasteiger partial charge in [0, 0.05) is 23.2 Å². The predicted octanol–water partition coefficient (Wildman–Crippen LogP) is 2.18. The maximum Gasteiger partial charge on any atom is 0.270 e. The Morgan fingerprint density at radius 3 is 3.08 bits per heavy atom. The molecule has 1 N–H and O–H groups in total. The van der Waals surface area contributed by atoms with Gasteiger partial charge in [0.05, 0.1) is 4.92 Å². The number of non-ortho nitro benzene ring substituents is 1. The number of nitro groups is 1. The smallest absolute Gasteiger partial charge is 0.270 e. The lowest BCUT2D eigenvalue weighted by atomic mass is 10.2. The maximum atomic E-state index is 10.4. The summed E-state index contributed by atoms with van der Waals surface area (Å²) < 4.78 is 2.96. The molecule has 0 unspecified atom stereocenters. The first-order chi connectivity index (χ1) is 6.27. The van der Waals surface area contributed by atoms with Gasteiger partial charge >= 0.3 is 0 Å². The van der Waals surface area contributed by atoms with Crippen molar-refractivity contribution in [3.63, 3.8) is 0 Å². The minimum Gasteiger partial charge on any atom is -0.332 e. The Morgan fingerprint density at radius 1 is 1.46 bits per heavy atom. The lowest BCUT2D eigenvalue weighted by Crippen LogP contribution is -1.98. The van der Waals surface area contributed by atoms with Crippen LogP contribution in [0, 0.1) is 10.1 Å². The van der Waals surface area contributed by atoms with E-state index >= 15 is 0 Å². The van der Waals surface area contributed by atoms with Gasteiger partial charge in [0.25, 0.3) is 5.69 Å². The summed E-state index contributed by atoms with van der Waals surface area (Å²) in [6, 6.07) is 4.82. The van der Waals surface area contributed by atoms with Crippen molar-refractivity contribution in [1.29, 1.82) is 0 Å². The first-order valence-electron chi connectivity index (χ1n) is 3.65. The highest BCUT2D eigenvalue weighted by molar-refractivity contribution is 7.97. The van der Waals surface area contributed by atoms with Crippen molar-refractivity contribution in [1.82, 2.24) is 4.72 Å². The molecule has 0 bridgehead atoms. The average molecular weight is 194 g/mol. The molecule has 0 aliphatic carbocycles. The summed E-state index contributed by atoms with van der Waals surface area (Å²) in [7, 11) is 0. The van der Waals surface area contributed by atoms with Crippen molar-refractivity contribution in [3.05, 3.63) is 40.1 Å². The first-order valence-corrected chi connectivity index (χ1v) is 4.46. The number of hydrogen-bond donors (Lipinski definition) is 1. The van der Waals surface area contributed by atoms with Crippen LogP contribution in [-0.2, 0) is 0 Å². The van der Waals surface area contributed by atoms with Crippen molar-refractivity contribution in [2.24, 2.45) is 0 Å². The van der Waals surface area contributed by atoms with Gasteiger partial charge in [-0.05, 0) is 29.7 Å². The second-order valence-corrected chi connectivity index (χ2v) is 3.41. The quantitative estimate of drug-likeness (QED) is 0.423. The molecule has 2 rings (SSSR count). The standard InChI is InChI=1S/C8H6N2O2S/c11-10(12)7-1-2-8-6(5-7)3-4-9-13-8/h1-5,9H. The molecule has 0 aromatic heterocycles. The normalized spacial score (nSPS) is 13.2. The number of rotatable bonds is 1. The van der Waals surface area contributed by atoms with E-state index in [1.807, 2.05) is 6.08 Å². The van der Waals surface area contributed by atoms with Crippen LogP contribution in [0.2, 0.25) is 0 Å². The van der Waals surface area contributed by atoms with E-state index < -0.39 is 0 Å². The molecule has 1 aliphatic rings. The zero-order valence-corrected chi connectivity index (χ0v) is 7.38. The van der Waals surface area contributed by atoms with Crippen molar-refractivity contribution in [3.8, 4) is 0 Å². The van der Waals surface area contributed by atoms with Crippen LogP contribution in [0.3, 0.4) is 0 Å². The molecule has 0 radical (unpaired) electrons. The third kappa shape index (κ3) is 1.50. The molecular formula is C8H6N2O2S. The molecular weight excluding hydrogens is 188 g/mol. The topological polar surface area (TPSA) is 55.2 Å². The van der Waals surface area contributed by atoms with Crippen LogP contribution in [0.25, 0.3) is 6.08 Å². The zero-order valence-electron chi connectivity index (χ0n) is 6.56. The van der Waals surface area contributed by atoms with Crippen LogP contribution in [-0.4, -0.2) is 4.92 Å². The number of benzene rings is 1. The van der Waals surface area contributed by atoms with Crippen LogP contribution in [0.1, 0.15) is 5.56 Å². The first kappa shape index (κ1) is 8.12. The van der Waals surface area contributed by atoms with Gasteiger partial charge in [0.15, 0.2) is 0 Å². The van der Waals surface area contributed by atoms with Crippen molar-refractivity contribution in [2.45, 2.75) is 4.90 Å². The summed E-state index contributed by atoms with van der Waals surface area (Å²) >= 11 is 1.45. The van der Waals surface area contributed by atoms with Crippen LogP contribution >= 0.6 is 11.9 Å². The summed E-state index contributed by atoms with van der Waals surface area (Å²) in [6.07, 6.45) is 3.58. The SMILES string of the molecule is O=[N+]([O-])c1ccc2c(c1)C=CNS2. The van der Waals surface area contributed by atoms with Crippen LogP contribution in [0.5, 0.6) is 0 Å². The highest BCUT2D eigenvalue weighted by Gasteiger charge is 2.10. The molecule has 5 heteroatoms. The molecule has 0 saturated heterocycles. The van der Waals surface area contributed by atoms with Gasteiger partial charge in [-0.1, -0.05) is 0 Å². The fourth-order valence-electron chi connectivity index (χ4n) is 1.09.